The van der Waals surface area contributed by atoms with Crippen molar-refractivity contribution < 1.29 is 0 Å². The largest absolute Gasteiger partial charge is 0.179 e. The fourth-order valence-corrected chi connectivity index (χ4v) is 13.3. The van der Waals surface area contributed by atoms with Crippen molar-refractivity contribution in [3.63, 3.8) is 0 Å². The van der Waals surface area contributed by atoms with Crippen molar-refractivity contribution in [3.8, 4) is 22.3 Å². The van der Waals surface area contributed by atoms with E-state index in [1.807, 2.05) is 0 Å². The summed E-state index contributed by atoms with van der Waals surface area (Å²) < 4.78 is 0. The molecule has 0 saturated heterocycles. The molecule has 9 rings (SSSR count). The van der Waals surface area contributed by atoms with Crippen LogP contribution >= 0.6 is 0 Å². The maximum atomic E-state index is 2.46. The molecule has 0 spiro atoms. The first-order valence-corrected chi connectivity index (χ1v) is 19.7. The zero-order valence-corrected chi connectivity index (χ0v) is 30.2. The monoisotopic (exact) mass is 656 g/mol. The minimum Gasteiger partial charge on any atom is -0.0616 e. The van der Waals surface area contributed by atoms with Crippen LogP contribution in [0.4, 0.5) is 0 Å². The van der Waals surface area contributed by atoms with E-state index >= 15 is 0 Å². The number of rotatable bonds is 5. The molecule has 50 heavy (non-hydrogen) atoms. The highest BCUT2D eigenvalue weighted by atomic mass is 28.3. The molecule has 0 nitrogen and oxygen atoms in total. The minimum absolute atomic E-state index is 0.0354. The maximum absolute atomic E-state index is 2.77. The smallest absolute Gasteiger partial charge is 0.0616 e. The summed E-state index contributed by atoms with van der Waals surface area (Å²) in [6.45, 7) is 9.13. The summed E-state index contributed by atoms with van der Waals surface area (Å²) in [5.41, 5.74) is 10.7. The molecule has 8 aromatic carbocycles. The second-order valence-electron chi connectivity index (χ2n) is 14.8. The van der Waals surface area contributed by atoms with E-state index in [9.17, 15) is 0 Å². The second-order valence-corrected chi connectivity index (χ2v) is 18.6. The van der Waals surface area contributed by atoms with Gasteiger partial charge in [-0.15, -0.1) is 0 Å². The third kappa shape index (κ3) is 4.72. The average molecular weight is 657 g/mol. The third-order valence-corrected chi connectivity index (χ3v) is 16.1. The standard InChI is InChI=1S/C49H40Si/c1-33-13-21-41(22-14-33)50(43-25-18-35-9-5-7-11-38(35)30-43,44-26-19-36-10-6-8-12-39(36)31-44)42-23-16-37(17-24-42)40-20-28-46-45-27-15-34(2)29-47(45)49(3,4)48(46)32-40/h5-32H,1-4H3. The van der Waals surface area contributed by atoms with Gasteiger partial charge in [0.2, 0.25) is 0 Å². The molecule has 0 fully saturated rings. The Hall–Kier alpha value is -5.50. The molecule has 8 aromatic rings. The van der Waals surface area contributed by atoms with Gasteiger partial charge in [-0.1, -0.05) is 189 Å². The summed E-state index contributed by atoms with van der Waals surface area (Å²) in [6, 6.07) is 64.9. The molecule has 0 unspecified atom stereocenters. The lowest BCUT2D eigenvalue weighted by Crippen LogP contribution is -2.74. The average Bonchev–Trinajstić information content (AvgIpc) is 3.37. The van der Waals surface area contributed by atoms with E-state index in [4.69, 9.17) is 0 Å². The fraction of sp³-hybridized carbons (Fsp3) is 0.102. The molecule has 1 aliphatic carbocycles. The summed E-state index contributed by atoms with van der Waals surface area (Å²) in [6.07, 6.45) is 0. The zero-order valence-electron chi connectivity index (χ0n) is 29.2. The van der Waals surface area contributed by atoms with Crippen LogP contribution < -0.4 is 20.7 Å². The van der Waals surface area contributed by atoms with Gasteiger partial charge in [0, 0.05) is 5.41 Å². The van der Waals surface area contributed by atoms with Crippen LogP contribution in [0, 0.1) is 13.8 Å². The van der Waals surface area contributed by atoms with Crippen molar-refractivity contribution in [3.05, 3.63) is 192 Å². The summed E-state index contributed by atoms with van der Waals surface area (Å²) in [5, 5.41) is 10.7. The highest BCUT2D eigenvalue weighted by molar-refractivity contribution is 7.20. The Morgan fingerprint density at radius 3 is 1.38 bits per heavy atom. The molecule has 0 bridgehead atoms. The Morgan fingerprint density at radius 2 is 0.800 bits per heavy atom. The molecule has 0 radical (unpaired) electrons. The lowest BCUT2D eigenvalue weighted by molar-refractivity contribution is 0.660. The quantitative estimate of drug-likeness (QED) is 0.128. The Bertz CT molecular complexity index is 2490. The highest BCUT2D eigenvalue weighted by Crippen LogP contribution is 2.49. The van der Waals surface area contributed by atoms with Crippen molar-refractivity contribution in [2.75, 3.05) is 0 Å². The number of benzene rings is 8. The van der Waals surface area contributed by atoms with E-state index in [0.29, 0.717) is 0 Å². The Balaban J connectivity index is 1.25. The topological polar surface area (TPSA) is 0 Å². The fourth-order valence-electron chi connectivity index (χ4n) is 8.59. The van der Waals surface area contributed by atoms with E-state index in [2.05, 4.69) is 198 Å². The van der Waals surface area contributed by atoms with E-state index in [0.717, 1.165) is 0 Å². The van der Waals surface area contributed by atoms with E-state index in [-0.39, 0.29) is 5.41 Å². The molecular weight excluding hydrogens is 617 g/mol. The first kappa shape index (κ1) is 30.5. The van der Waals surface area contributed by atoms with Gasteiger partial charge in [0.05, 0.1) is 0 Å². The van der Waals surface area contributed by atoms with Gasteiger partial charge in [0.25, 0.3) is 0 Å². The molecule has 0 heterocycles. The SMILES string of the molecule is Cc1ccc([Si](c2ccc(-c3ccc4c(c3)C(C)(C)c3cc(C)ccc3-4)cc2)(c2ccc3ccccc3c2)c2ccc3ccccc3c2)cc1. The molecule has 0 aliphatic heterocycles. The Kier molecular flexibility index (Phi) is 7.05. The Morgan fingerprint density at radius 1 is 0.360 bits per heavy atom. The van der Waals surface area contributed by atoms with Crippen molar-refractivity contribution in [2.24, 2.45) is 0 Å². The van der Waals surface area contributed by atoms with Gasteiger partial charge in [-0.25, -0.2) is 0 Å². The van der Waals surface area contributed by atoms with Crippen LogP contribution in [0.3, 0.4) is 0 Å². The van der Waals surface area contributed by atoms with Crippen LogP contribution in [-0.2, 0) is 5.41 Å². The van der Waals surface area contributed by atoms with Gasteiger partial charge in [-0.2, -0.15) is 0 Å². The van der Waals surface area contributed by atoms with Gasteiger partial charge in [0.15, 0.2) is 8.07 Å². The molecular formula is C49H40Si. The molecule has 1 heteroatoms. The molecule has 0 N–H and O–H groups in total. The predicted molar refractivity (Wildman–Crippen MR) is 218 cm³/mol. The number of hydrogen-bond donors (Lipinski definition) is 0. The molecule has 240 valence electrons. The zero-order chi connectivity index (χ0) is 34.0. The minimum atomic E-state index is -2.77. The van der Waals surface area contributed by atoms with Crippen molar-refractivity contribution >= 4 is 50.4 Å². The molecule has 0 amide bonds. The predicted octanol–water partition coefficient (Wildman–Crippen LogP) is 9.96. The molecule has 0 atom stereocenters. The highest BCUT2D eigenvalue weighted by Gasteiger charge is 2.42. The van der Waals surface area contributed by atoms with Gasteiger partial charge < -0.3 is 0 Å². The van der Waals surface area contributed by atoms with Crippen LogP contribution in [0.15, 0.2) is 170 Å². The van der Waals surface area contributed by atoms with Crippen molar-refractivity contribution in [2.45, 2.75) is 33.1 Å². The number of fused-ring (bicyclic) bond motifs is 5. The van der Waals surface area contributed by atoms with Crippen LogP contribution in [0.25, 0.3) is 43.8 Å². The van der Waals surface area contributed by atoms with E-state index in [1.54, 1.807) is 0 Å². The third-order valence-electron chi connectivity index (χ3n) is 11.3. The van der Waals surface area contributed by atoms with Gasteiger partial charge >= 0.3 is 0 Å². The summed E-state index contributed by atoms with van der Waals surface area (Å²) in [4.78, 5) is 0. The summed E-state index contributed by atoms with van der Waals surface area (Å²) >= 11 is 0. The summed E-state index contributed by atoms with van der Waals surface area (Å²) in [7, 11) is -2.77. The van der Waals surface area contributed by atoms with Crippen LogP contribution in [0.1, 0.15) is 36.1 Å². The molecule has 0 saturated carbocycles. The van der Waals surface area contributed by atoms with Crippen molar-refractivity contribution in [1.29, 1.82) is 0 Å². The van der Waals surface area contributed by atoms with Crippen molar-refractivity contribution in [1.82, 2.24) is 0 Å². The molecule has 0 aromatic heterocycles. The van der Waals surface area contributed by atoms with Gasteiger partial charge in [-0.05, 0) is 95.6 Å². The normalized spacial score (nSPS) is 13.4. The number of hydrogen-bond acceptors (Lipinski definition) is 0. The second kappa shape index (κ2) is 11.5. The first-order chi connectivity index (χ1) is 24.3. The number of aryl methyl sites for hydroxylation is 2. The van der Waals surface area contributed by atoms with Crippen LogP contribution in [-0.4, -0.2) is 8.07 Å². The van der Waals surface area contributed by atoms with Gasteiger partial charge in [0.1, 0.15) is 0 Å². The molecule has 1 aliphatic rings. The lowest BCUT2D eigenvalue weighted by Gasteiger charge is -2.35. The lowest BCUT2D eigenvalue weighted by atomic mass is 9.81. The van der Waals surface area contributed by atoms with E-state index in [1.165, 1.54) is 86.8 Å². The first-order valence-electron chi connectivity index (χ1n) is 17.7. The Labute approximate surface area is 296 Å². The van der Waals surface area contributed by atoms with Crippen LogP contribution in [0.2, 0.25) is 0 Å². The summed E-state index contributed by atoms with van der Waals surface area (Å²) in [5.74, 6) is 0. The van der Waals surface area contributed by atoms with E-state index < -0.39 is 8.07 Å². The maximum Gasteiger partial charge on any atom is 0.179 e. The van der Waals surface area contributed by atoms with Gasteiger partial charge in [-0.3, -0.25) is 0 Å². The van der Waals surface area contributed by atoms with Crippen LogP contribution in [0.5, 0.6) is 0 Å².